The van der Waals surface area contributed by atoms with Gasteiger partial charge in [-0.3, -0.25) is 4.79 Å². The fraction of sp³-hybridized carbons (Fsp3) is 0.600. The zero-order valence-corrected chi connectivity index (χ0v) is 16.7. The molecule has 0 aromatic heterocycles. The van der Waals surface area contributed by atoms with Crippen molar-refractivity contribution in [2.45, 2.75) is 46.3 Å². The summed E-state index contributed by atoms with van der Waals surface area (Å²) < 4.78 is 15.9. The van der Waals surface area contributed by atoms with Crippen molar-refractivity contribution in [3.8, 4) is 5.75 Å². The van der Waals surface area contributed by atoms with Gasteiger partial charge >= 0.3 is 5.97 Å². The lowest BCUT2D eigenvalue weighted by molar-refractivity contribution is -0.161. The van der Waals surface area contributed by atoms with Crippen molar-refractivity contribution < 1.29 is 23.8 Å². The number of ether oxygens (including phenoxy) is 3. The predicted octanol–water partition coefficient (Wildman–Crippen LogP) is 3.21. The molecule has 0 radical (unpaired) electrons. The van der Waals surface area contributed by atoms with E-state index in [-0.39, 0.29) is 18.6 Å². The second-order valence-corrected chi connectivity index (χ2v) is 6.73. The molecule has 0 aliphatic rings. The lowest BCUT2D eigenvalue weighted by atomic mass is 10.1. The highest BCUT2D eigenvalue weighted by Crippen LogP contribution is 2.28. The van der Waals surface area contributed by atoms with Crippen molar-refractivity contribution in [1.82, 2.24) is 4.90 Å². The van der Waals surface area contributed by atoms with Gasteiger partial charge in [-0.1, -0.05) is 32.0 Å². The molecule has 1 amide bonds. The Morgan fingerprint density at radius 3 is 2.38 bits per heavy atom. The molecule has 0 fully saturated rings. The maximum absolute atomic E-state index is 12.4. The number of likely N-dealkylation sites (N-methyl/N-ethyl adjacent to an activating group) is 1. The summed E-state index contributed by atoms with van der Waals surface area (Å²) in [4.78, 5) is 25.8. The number of rotatable bonds is 10. The molecule has 0 bridgehead atoms. The number of esters is 1. The van der Waals surface area contributed by atoms with Crippen LogP contribution in [0.15, 0.2) is 24.3 Å². The van der Waals surface area contributed by atoms with Crippen LogP contribution in [0.3, 0.4) is 0 Å². The fourth-order valence-electron chi connectivity index (χ4n) is 2.34. The van der Waals surface area contributed by atoms with Gasteiger partial charge < -0.3 is 19.1 Å². The van der Waals surface area contributed by atoms with Gasteiger partial charge in [-0.05, 0) is 32.3 Å². The van der Waals surface area contributed by atoms with E-state index >= 15 is 0 Å². The molecule has 1 aromatic rings. The van der Waals surface area contributed by atoms with Crippen molar-refractivity contribution in [2.75, 3.05) is 27.4 Å². The van der Waals surface area contributed by atoms with Crippen LogP contribution in [0.5, 0.6) is 5.75 Å². The Bertz CT molecular complexity index is 587. The second kappa shape index (κ2) is 10.8. The van der Waals surface area contributed by atoms with Crippen LogP contribution in [0.25, 0.3) is 0 Å². The maximum atomic E-state index is 12.4. The third kappa shape index (κ3) is 6.67. The minimum absolute atomic E-state index is 0.211. The molecular formula is C20H31NO5. The van der Waals surface area contributed by atoms with E-state index in [4.69, 9.17) is 14.2 Å². The third-order valence-corrected chi connectivity index (χ3v) is 4.30. The molecule has 0 saturated heterocycles. The van der Waals surface area contributed by atoms with Gasteiger partial charge in [0.25, 0.3) is 5.91 Å². The van der Waals surface area contributed by atoms with E-state index in [1.807, 2.05) is 31.2 Å². The van der Waals surface area contributed by atoms with Crippen molar-refractivity contribution in [1.29, 1.82) is 0 Å². The lowest BCUT2D eigenvalue weighted by Gasteiger charge is -2.26. The number of carbonyl (C=O) groups is 2. The molecule has 0 saturated carbocycles. The molecule has 6 nitrogen and oxygen atoms in total. The summed E-state index contributed by atoms with van der Waals surface area (Å²) in [6.45, 7) is 7.89. The standard InChI is InChI=1S/C20H31NO5/c1-14(2)11-12-25-16(4)20(23)26-13-19(22)21(5)15(3)17-9-7-8-10-18(17)24-6/h7-10,14-16H,11-13H2,1-6H3. The van der Waals surface area contributed by atoms with Gasteiger partial charge in [0.1, 0.15) is 5.75 Å². The van der Waals surface area contributed by atoms with Crippen molar-refractivity contribution >= 4 is 11.9 Å². The van der Waals surface area contributed by atoms with Crippen molar-refractivity contribution in [2.24, 2.45) is 5.92 Å². The highest BCUT2D eigenvalue weighted by Gasteiger charge is 2.22. The van der Waals surface area contributed by atoms with E-state index < -0.39 is 12.1 Å². The number of methoxy groups -OCH3 is 1. The number of para-hydroxylation sites is 1. The molecule has 2 unspecified atom stereocenters. The Kier molecular flexibility index (Phi) is 9.13. The van der Waals surface area contributed by atoms with Gasteiger partial charge in [-0.2, -0.15) is 0 Å². The van der Waals surface area contributed by atoms with E-state index in [0.717, 1.165) is 12.0 Å². The average Bonchev–Trinajstić information content (AvgIpc) is 2.63. The van der Waals surface area contributed by atoms with Gasteiger partial charge in [0.05, 0.1) is 13.2 Å². The first-order valence-corrected chi connectivity index (χ1v) is 8.94. The number of hydrogen-bond acceptors (Lipinski definition) is 5. The van der Waals surface area contributed by atoms with E-state index in [0.29, 0.717) is 18.3 Å². The van der Waals surface area contributed by atoms with Gasteiger partial charge in [-0.25, -0.2) is 4.79 Å². The van der Waals surface area contributed by atoms with Gasteiger partial charge in [0.2, 0.25) is 0 Å². The third-order valence-electron chi connectivity index (χ3n) is 4.30. The summed E-state index contributed by atoms with van der Waals surface area (Å²) in [5.74, 6) is 0.403. The molecule has 146 valence electrons. The van der Waals surface area contributed by atoms with Crippen molar-refractivity contribution in [3.05, 3.63) is 29.8 Å². The van der Waals surface area contributed by atoms with Crippen LogP contribution in [0.2, 0.25) is 0 Å². The zero-order valence-electron chi connectivity index (χ0n) is 16.7. The van der Waals surface area contributed by atoms with E-state index in [9.17, 15) is 9.59 Å². The molecule has 0 N–H and O–H groups in total. The molecule has 6 heteroatoms. The number of amides is 1. The van der Waals surface area contributed by atoms with Crippen LogP contribution in [0.4, 0.5) is 0 Å². The summed E-state index contributed by atoms with van der Waals surface area (Å²) >= 11 is 0. The average molecular weight is 365 g/mol. The summed E-state index contributed by atoms with van der Waals surface area (Å²) in [6.07, 6.45) is 0.189. The van der Waals surface area contributed by atoms with Gasteiger partial charge in [0.15, 0.2) is 12.7 Å². The van der Waals surface area contributed by atoms with Crippen LogP contribution in [0, 0.1) is 5.92 Å². The summed E-state index contributed by atoms with van der Waals surface area (Å²) in [7, 11) is 3.27. The fourth-order valence-corrected chi connectivity index (χ4v) is 2.34. The molecule has 1 rings (SSSR count). The molecule has 0 aliphatic carbocycles. The molecule has 2 atom stereocenters. The SMILES string of the molecule is COc1ccccc1C(C)N(C)C(=O)COC(=O)C(C)OCCC(C)C. The van der Waals surface area contributed by atoms with Crippen molar-refractivity contribution in [3.63, 3.8) is 0 Å². The number of benzene rings is 1. The summed E-state index contributed by atoms with van der Waals surface area (Å²) in [6, 6.07) is 7.31. The molecule has 0 aliphatic heterocycles. The molecule has 1 aromatic carbocycles. The zero-order chi connectivity index (χ0) is 19.7. The Labute approximate surface area is 156 Å². The van der Waals surface area contributed by atoms with Crippen LogP contribution in [-0.4, -0.2) is 50.3 Å². The largest absolute Gasteiger partial charge is 0.496 e. The highest BCUT2D eigenvalue weighted by atomic mass is 16.6. The maximum Gasteiger partial charge on any atom is 0.335 e. The molecule has 26 heavy (non-hydrogen) atoms. The van der Waals surface area contributed by atoms with E-state index in [1.54, 1.807) is 21.1 Å². The normalized spacial score (nSPS) is 13.2. The van der Waals surface area contributed by atoms with Crippen LogP contribution in [-0.2, 0) is 19.1 Å². The smallest absolute Gasteiger partial charge is 0.335 e. The first kappa shape index (κ1) is 22.0. The molecule has 0 spiro atoms. The predicted molar refractivity (Wildman–Crippen MR) is 100 cm³/mol. The van der Waals surface area contributed by atoms with E-state index in [1.165, 1.54) is 4.90 Å². The number of carbonyl (C=O) groups excluding carboxylic acids is 2. The Hall–Kier alpha value is -2.08. The first-order chi connectivity index (χ1) is 12.3. The molecule has 0 heterocycles. The Morgan fingerprint density at radius 2 is 1.77 bits per heavy atom. The topological polar surface area (TPSA) is 65.1 Å². The van der Waals surface area contributed by atoms with Crippen LogP contribution in [0.1, 0.15) is 45.7 Å². The lowest BCUT2D eigenvalue weighted by Crippen LogP contribution is -2.35. The quantitative estimate of drug-likeness (QED) is 0.596. The van der Waals surface area contributed by atoms with E-state index in [2.05, 4.69) is 13.8 Å². The Morgan fingerprint density at radius 1 is 1.12 bits per heavy atom. The summed E-state index contributed by atoms with van der Waals surface area (Å²) in [5, 5.41) is 0. The first-order valence-electron chi connectivity index (χ1n) is 8.94. The Balaban J connectivity index is 2.52. The van der Waals surface area contributed by atoms with Gasteiger partial charge in [-0.15, -0.1) is 0 Å². The van der Waals surface area contributed by atoms with Crippen LogP contribution < -0.4 is 4.74 Å². The summed E-state index contributed by atoms with van der Waals surface area (Å²) in [5.41, 5.74) is 0.891. The molecular weight excluding hydrogens is 334 g/mol. The monoisotopic (exact) mass is 365 g/mol. The number of hydrogen-bond donors (Lipinski definition) is 0. The second-order valence-electron chi connectivity index (χ2n) is 6.73. The van der Waals surface area contributed by atoms with Crippen LogP contribution >= 0.6 is 0 Å². The highest BCUT2D eigenvalue weighted by molar-refractivity contribution is 5.82. The minimum Gasteiger partial charge on any atom is -0.496 e. The van der Waals surface area contributed by atoms with Gasteiger partial charge in [0, 0.05) is 19.2 Å². The number of nitrogens with zero attached hydrogens (tertiary/aromatic N) is 1. The minimum atomic E-state index is -0.682.